The van der Waals surface area contributed by atoms with Crippen LogP contribution in [0.2, 0.25) is 0 Å². The minimum absolute atomic E-state index is 0.705. The van der Waals surface area contributed by atoms with E-state index in [0.717, 1.165) is 15.1 Å². The van der Waals surface area contributed by atoms with Gasteiger partial charge < -0.3 is 5.84 Å². The van der Waals surface area contributed by atoms with Gasteiger partial charge in [-0.3, -0.25) is 0 Å². The zero-order chi connectivity index (χ0) is 13.9. The van der Waals surface area contributed by atoms with Crippen LogP contribution in [-0.4, -0.2) is 14.9 Å². The summed E-state index contributed by atoms with van der Waals surface area (Å²) in [6, 6.07) is 12.2. The van der Waals surface area contributed by atoms with Crippen molar-refractivity contribution in [3.05, 3.63) is 51.8 Å². The molecule has 0 fully saturated rings. The molecule has 0 saturated carbocycles. The lowest BCUT2D eigenvalue weighted by Crippen LogP contribution is -2.11. The predicted octanol–water partition coefficient (Wildman–Crippen LogP) is 3.78. The predicted molar refractivity (Wildman–Crippen MR) is 87.2 cm³/mol. The molecule has 0 aliphatic rings. The summed E-state index contributed by atoms with van der Waals surface area (Å²) in [5, 5.41) is 11.0. The van der Waals surface area contributed by atoms with Crippen LogP contribution >= 0.6 is 39.0 Å². The molecule has 0 spiro atoms. The summed E-state index contributed by atoms with van der Waals surface area (Å²) in [5.74, 6) is 7.57. The fourth-order valence-electron chi connectivity index (χ4n) is 1.72. The van der Waals surface area contributed by atoms with Crippen LogP contribution in [0.25, 0.3) is 10.7 Å². The third-order valence-corrected chi connectivity index (χ3v) is 5.04. The van der Waals surface area contributed by atoms with Crippen molar-refractivity contribution in [2.75, 3.05) is 5.84 Å². The smallest absolute Gasteiger partial charge is 0.210 e. The van der Waals surface area contributed by atoms with Crippen LogP contribution in [0.1, 0.15) is 5.56 Å². The van der Waals surface area contributed by atoms with Crippen molar-refractivity contribution in [1.82, 2.24) is 14.9 Å². The summed E-state index contributed by atoms with van der Waals surface area (Å²) in [5.41, 5.74) is 1.21. The van der Waals surface area contributed by atoms with E-state index in [1.807, 2.05) is 29.6 Å². The fourth-order valence-corrected chi connectivity index (χ4v) is 3.68. The van der Waals surface area contributed by atoms with E-state index >= 15 is 0 Å². The topological polar surface area (TPSA) is 56.7 Å². The van der Waals surface area contributed by atoms with Gasteiger partial charge >= 0.3 is 0 Å². The standard InChI is InChI=1S/C13H11BrN4S2/c14-10-4-1-3-9(7-10)8-20-13-17-16-12(18(13)15)11-5-2-6-19-11/h1-7H,8,15H2. The molecule has 1 aromatic carbocycles. The first-order valence-corrected chi connectivity index (χ1v) is 8.51. The summed E-state index contributed by atoms with van der Waals surface area (Å²) in [6.45, 7) is 0. The Morgan fingerprint density at radius 1 is 1.25 bits per heavy atom. The molecule has 4 nitrogen and oxygen atoms in total. The lowest BCUT2D eigenvalue weighted by atomic mass is 10.2. The molecule has 7 heteroatoms. The molecule has 2 heterocycles. The van der Waals surface area contributed by atoms with Crippen molar-refractivity contribution in [2.45, 2.75) is 10.9 Å². The van der Waals surface area contributed by atoms with Gasteiger partial charge in [0.15, 0.2) is 5.82 Å². The second kappa shape index (κ2) is 5.99. The first kappa shape index (κ1) is 13.7. The molecule has 0 aliphatic heterocycles. The van der Waals surface area contributed by atoms with Crippen molar-refractivity contribution in [3.63, 3.8) is 0 Å². The minimum atomic E-state index is 0.705. The number of hydrogen-bond acceptors (Lipinski definition) is 5. The first-order chi connectivity index (χ1) is 9.74. The lowest BCUT2D eigenvalue weighted by molar-refractivity contribution is 0.850. The Balaban J connectivity index is 1.76. The maximum atomic E-state index is 6.06. The Morgan fingerprint density at radius 2 is 2.15 bits per heavy atom. The monoisotopic (exact) mass is 366 g/mol. The molecule has 0 aliphatic carbocycles. The van der Waals surface area contributed by atoms with E-state index in [9.17, 15) is 0 Å². The molecule has 0 bridgehead atoms. The molecule has 20 heavy (non-hydrogen) atoms. The zero-order valence-electron chi connectivity index (χ0n) is 10.4. The summed E-state index contributed by atoms with van der Waals surface area (Å²) >= 11 is 6.64. The Labute approximate surface area is 133 Å². The number of hydrogen-bond donors (Lipinski definition) is 1. The van der Waals surface area contributed by atoms with Gasteiger partial charge in [-0.1, -0.05) is 45.9 Å². The molecular formula is C13H11BrN4S2. The largest absolute Gasteiger partial charge is 0.335 e. The molecule has 3 rings (SSSR count). The van der Waals surface area contributed by atoms with Crippen molar-refractivity contribution >= 4 is 39.0 Å². The van der Waals surface area contributed by atoms with Crippen LogP contribution in [0.5, 0.6) is 0 Å². The van der Waals surface area contributed by atoms with E-state index in [1.165, 1.54) is 5.56 Å². The highest BCUT2D eigenvalue weighted by molar-refractivity contribution is 9.10. The van der Waals surface area contributed by atoms with Crippen LogP contribution in [-0.2, 0) is 5.75 Å². The molecule has 0 atom stereocenters. The fraction of sp³-hybridized carbons (Fsp3) is 0.0769. The van der Waals surface area contributed by atoms with Crippen LogP contribution in [0.4, 0.5) is 0 Å². The number of rotatable bonds is 4. The summed E-state index contributed by atoms with van der Waals surface area (Å²) < 4.78 is 2.62. The minimum Gasteiger partial charge on any atom is -0.335 e. The molecule has 0 unspecified atom stereocenters. The van der Waals surface area contributed by atoms with Gasteiger partial charge in [0, 0.05) is 10.2 Å². The molecule has 0 radical (unpaired) electrons. The van der Waals surface area contributed by atoms with E-state index in [1.54, 1.807) is 27.8 Å². The molecule has 0 saturated heterocycles. The Kier molecular flexibility index (Phi) is 4.09. The zero-order valence-corrected chi connectivity index (χ0v) is 13.6. The van der Waals surface area contributed by atoms with Crippen LogP contribution in [0.15, 0.2) is 51.4 Å². The first-order valence-electron chi connectivity index (χ1n) is 5.85. The number of benzene rings is 1. The van der Waals surface area contributed by atoms with Gasteiger partial charge in [0.1, 0.15) is 0 Å². The number of thioether (sulfide) groups is 1. The quantitative estimate of drug-likeness (QED) is 0.563. The average Bonchev–Trinajstić information content (AvgIpc) is 3.06. The molecule has 3 aromatic rings. The van der Waals surface area contributed by atoms with Gasteiger partial charge in [-0.05, 0) is 29.1 Å². The highest BCUT2D eigenvalue weighted by atomic mass is 79.9. The average molecular weight is 367 g/mol. The molecule has 2 N–H and O–H groups in total. The van der Waals surface area contributed by atoms with Gasteiger partial charge in [-0.25, -0.2) is 4.68 Å². The third kappa shape index (κ3) is 2.89. The third-order valence-electron chi connectivity index (χ3n) is 2.66. The van der Waals surface area contributed by atoms with Gasteiger partial charge in [-0.2, -0.15) is 0 Å². The van der Waals surface area contributed by atoms with Gasteiger partial charge in [0.05, 0.1) is 4.88 Å². The number of nitrogens with zero attached hydrogens (tertiary/aromatic N) is 3. The molecule has 102 valence electrons. The second-order valence-electron chi connectivity index (χ2n) is 4.07. The number of halogens is 1. The van der Waals surface area contributed by atoms with E-state index in [0.29, 0.717) is 11.0 Å². The molecule has 0 amide bonds. The maximum absolute atomic E-state index is 6.06. The Bertz CT molecular complexity index is 709. The summed E-state index contributed by atoms with van der Waals surface area (Å²) in [6.07, 6.45) is 0. The van der Waals surface area contributed by atoms with E-state index in [-0.39, 0.29) is 0 Å². The van der Waals surface area contributed by atoms with Crippen molar-refractivity contribution < 1.29 is 0 Å². The van der Waals surface area contributed by atoms with Gasteiger partial charge in [0.25, 0.3) is 0 Å². The van der Waals surface area contributed by atoms with Crippen LogP contribution in [0.3, 0.4) is 0 Å². The SMILES string of the molecule is Nn1c(SCc2cccc(Br)c2)nnc1-c1cccs1. The normalized spacial score (nSPS) is 10.8. The number of nitrogens with two attached hydrogens (primary N) is 1. The van der Waals surface area contributed by atoms with Crippen LogP contribution in [0, 0.1) is 0 Å². The van der Waals surface area contributed by atoms with Crippen LogP contribution < -0.4 is 5.84 Å². The van der Waals surface area contributed by atoms with Gasteiger partial charge in [-0.15, -0.1) is 21.5 Å². The number of aromatic nitrogens is 3. The van der Waals surface area contributed by atoms with Crippen molar-refractivity contribution in [2.24, 2.45) is 0 Å². The Morgan fingerprint density at radius 3 is 2.90 bits per heavy atom. The van der Waals surface area contributed by atoms with Crippen molar-refractivity contribution in [1.29, 1.82) is 0 Å². The van der Waals surface area contributed by atoms with E-state index < -0.39 is 0 Å². The second-order valence-corrected chi connectivity index (χ2v) is 6.88. The Hall–Kier alpha value is -1.31. The summed E-state index contributed by atoms with van der Waals surface area (Å²) in [4.78, 5) is 1.02. The summed E-state index contributed by atoms with van der Waals surface area (Å²) in [7, 11) is 0. The van der Waals surface area contributed by atoms with E-state index in [4.69, 9.17) is 5.84 Å². The number of nitrogen functional groups attached to an aromatic ring is 1. The lowest BCUT2D eigenvalue weighted by Gasteiger charge is -2.03. The highest BCUT2D eigenvalue weighted by Crippen LogP contribution is 2.27. The highest BCUT2D eigenvalue weighted by Gasteiger charge is 2.12. The maximum Gasteiger partial charge on any atom is 0.210 e. The van der Waals surface area contributed by atoms with Crippen molar-refractivity contribution in [3.8, 4) is 10.7 Å². The molecular weight excluding hydrogens is 356 g/mol. The van der Waals surface area contributed by atoms with E-state index in [2.05, 4.69) is 38.3 Å². The number of thiophene rings is 1. The van der Waals surface area contributed by atoms with Gasteiger partial charge in [0.2, 0.25) is 5.16 Å². The molecule has 2 aromatic heterocycles.